The van der Waals surface area contributed by atoms with Gasteiger partial charge in [0.1, 0.15) is 17.5 Å². The summed E-state index contributed by atoms with van der Waals surface area (Å²) in [6.07, 6.45) is 4.31. The zero-order valence-electron chi connectivity index (χ0n) is 21.7. The third-order valence-corrected chi connectivity index (χ3v) is 6.84. The Morgan fingerprint density at radius 1 is 1.16 bits per heavy atom. The van der Waals surface area contributed by atoms with Crippen molar-refractivity contribution in [1.82, 2.24) is 25.3 Å². The number of piperidine rings is 1. The molecule has 0 aliphatic carbocycles. The topological polar surface area (TPSA) is 123 Å². The van der Waals surface area contributed by atoms with E-state index in [1.165, 1.54) is 4.90 Å². The van der Waals surface area contributed by atoms with Crippen molar-refractivity contribution in [2.24, 2.45) is 7.05 Å². The predicted octanol–water partition coefficient (Wildman–Crippen LogP) is 2.67. The molecule has 4 rings (SSSR count). The first kappa shape index (κ1) is 26.4. The van der Waals surface area contributed by atoms with Crippen LogP contribution in [0.5, 0.6) is 5.75 Å². The summed E-state index contributed by atoms with van der Waals surface area (Å²) in [5.74, 6) is -0.0209. The number of fused-ring (bicyclic) bond motifs is 1. The molecule has 0 radical (unpaired) electrons. The number of imide groups is 1. The van der Waals surface area contributed by atoms with Crippen molar-refractivity contribution in [2.45, 2.75) is 70.9 Å². The first-order valence-electron chi connectivity index (χ1n) is 13.0. The van der Waals surface area contributed by atoms with Crippen molar-refractivity contribution in [3.05, 3.63) is 46.8 Å². The highest BCUT2D eigenvalue weighted by Crippen LogP contribution is 2.30. The molecule has 0 spiro atoms. The fraction of sp³-hybridized carbons (Fsp3) is 0.519. The first-order valence-corrected chi connectivity index (χ1v) is 13.0. The van der Waals surface area contributed by atoms with Crippen LogP contribution in [-0.2, 0) is 23.2 Å². The lowest BCUT2D eigenvalue weighted by molar-refractivity contribution is -0.136. The normalized spacial score (nSPS) is 17.2. The number of amides is 4. The molecule has 2 aromatic rings. The highest BCUT2D eigenvalue weighted by Gasteiger charge is 2.39. The fourth-order valence-corrected chi connectivity index (χ4v) is 4.69. The van der Waals surface area contributed by atoms with Gasteiger partial charge in [-0.25, -0.2) is 0 Å². The summed E-state index contributed by atoms with van der Waals surface area (Å²) in [5.41, 5.74) is 2.89. The molecule has 4 amide bonds. The molecule has 1 fully saturated rings. The van der Waals surface area contributed by atoms with Gasteiger partial charge in [0.25, 0.3) is 11.8 Å². The van der Waals surface area contributed by atoms with Crippen molar-refractivity contribution in [3.63, 3.8) is 0 Å². The van der Waals surface area contributed by atoms with Crippen molar-refractivity contribution in [3.8, 4) is 5.75 Å². The molecule has 1 atom stereocenters. The van der Waals surface area contributed by atoms with E-state index in [1.54, 1.807) is 23.9 Å². The second kappa shape index (κ2) is 11.6. The Bertz CT molecular complexity index is 1190. The van der Waals surface area contributed by atoms with Crippen LogP contribution in [-0.4, -0.2) is 57.5 Å². The van der Waals surface area contributed by atoms with Gasteiger partial charge in [-0.3, -0.25) is 29.2 Å². The number of carbonyl (C=O) groups excluding carboxylic acids is 4. The van der Waals surface area contributed by atoms with Gasteiger partial charge >= 0.3 is 0 Å². The van der Waals surface area contributed by atoms with Gasteiger partial charge in [-0.15, -0.1) is 0 Å². The minimum Gasteiger partial charge on any atom is -0.494 e. The standard InChI is InChI=1S/C27H35N5O5/c1-17(2)21-15-23(31(3)30-21)25(34)28-12-6-4-5-7-13-37-19-8-9-20-18(14-19)16-32(27(20)36)22-10-11-24(33)29-26(22)35/h8-9,14-15,17,22H,4-7,10-13,16H2,1-3H3,(H,28,34)(H,29,33,35). The SMILES string of the molecule is CC(C)c1cc(C(=O)NCCCCCCOc2ccc3c(c2)CN(C2CCC(=O)NC2=O)C3=O)n(C)n1. The summed E-state index contributed by atoms with van der Waals surface area (Å²) in [6, 6.07) is 6.61. The molecule has 37 heavy (non-hydrogen) atoms. The highest BCUT2D eigenvalue weighted by molar-refractivity contribution is 6.05. The molecule has 0 bridgehead atoms. The predicted molar refractivity (Wildman–Crippen MR) is 136 cm³/mol. The van der Waals surface area contributed by atoms with E-state index in [0.717, 1.165) is 36.9 Å². The van der Waals surface area contributed by atoms with Gasteiger partial charge in [0, 0.05) is 32.1 Å². The zero-order chi connectivity index (χ0) is 26.5. The van der Waals surface area contributed by atoms with Crippen molar-refractivity contribution < 1.29 is 23.9 Å². The molecule has 1 saturated heterocycles. The number of hydrogen-bond donors (Lipinski definition) is 2. The van der Waals surface area contributed by atoms with Gasteiger partial charge in [-0.1, -0.05) is 26.7 Å². The monoisotopic (exact) mass is 509 g/mol. The van der Waals surface area contributed by atoms with Crippen LogP contribution in [0.25, 0.3) is 0 Å². The molecule has 1 aromatic heterocycles. The van der Waals surface area contributed by atoms with Crippen LogP contribution in [0.4, 0.5) is 0 Å². The quantitative estimate of drug-likeness (QED) is 0.355. The Morgan fingerprint density at radius 3 is 2.68 bits per heavy atom. The third-order valence-electron chi connectivity index (χ3n) is 6.84. The number of rotatable bonds is 11. The molecule has 3 heterocycles. The van der Waals surface area contributed by atoms with Crippen LogP contribution in [0.3, 0.4) is 0 Å². The van der Waals surface area contributed by atoms with E-state index >= 15 is 0 Å². The van der Waals surface area contributed by atoms with E-state index in [1.807, 2.05) is 12.1 Å². The first-order chi connectivity index (χ1) is 17.7. The lowest BCUT2D eigenvalue weighted by Gasteiger charge is -2.29. The van der Waals surface area contributed by atoms with Crippen LogP contribution < -0.4 is 15.4 Å². The maximum Gasteiger partial charge on any atom is 0.269 e. The number of aryl methyl sites for hydroxylation is 1. The van der Waals surface area contributed by atoms with Crippen molar-refractivity contribution in [2.75, 3.05) is 13.2 Å². The molecule has 0 saturated carbocycles. The lowest BCUT2D eigenvalue weighted by atomic mass is 10.0. The van der Waals surface area contributed by atoms with Crippen LogP contribution in [0.2, 0.25) is 0 Å². The van der Waals surface area contributed by atoms with Gasteiger partial charge in [-0.05, 0) is 55.0 Å². The Labute approximate surface area is 216 Å². The van der Waals surface area contributed by atoms with Gasteiger partial charge in [0.05, 0.1) is 12.3 Å². The second-order valence-corrected chi connectivity index (χ2v) is 9.97. The molecular formula is C27H35N5O5. The lowest BCUT2D eigenvalue weighted by Crippen LogP contribution is -2.52. The number of benzene rings is 1. The highest BCUT2D eigenvalue weighted by atomic mass is 16.5. The number of unbranched alkanes of at least 4 members (excludes halogenated alkanes) is 3. The van der Waals surface area contributed by atoms with Gasteiger partial charge in [-0.2, -0.15) is 5.10 Å². The molecular weight excluding hydrogens is 474 g/mol. The van der Waals surface area contributed by atoms with Crippen molar-refractivity contribution in [1.29, 1.82) is 0 Å². The van der Waals surface area contributed by atoms with E-state index in [-0.39, 0.29) is 30.1 Å². The average molecular weight is 510 g/mol. The second-order valence-electron chi connectivity index (χ2n) is 9.97. The molecule has 2 aliphatic rings. The molecule has 198 valence electrons. The van der Waals surface area contributed by atoms with E-state index in [0.29, 0.717) is 43.1 Å². The summed E-state index contributed by atoms with van der Waals surface area (Å²) in [7, 11) is 1.79. The Balaban J connectivity index is 1.14. The molecule has 10 nitrogen and oxygen atoms in total. The Kier molecular flexibility index (Phi) is 8.25. The number of carbonyl (C=O) groups is 4. The molecule has 1 aromatic carbocycles. The van der Waals surface area contributed by atoms with Gasteiger partial charge in [0.15, 0.2) is 0 Å². The third kappa shape index (κ3) is 6.18. The van der Waals surface area contributed by atoms with Gasteiger partial charge in [0.2, 0.25) is 11.8 Å². The van der Waals surface area contributed by atoms with Crippen molar-refractivity contribution >= 4 is 23.6 Å². The van der Waals surface area contributed by atoms with E-state index < -0.39 is 11.9 Å². The molecule has 2 N–H and O–H groups in total. The maximum absolute atomic E-state index is 12.8. The largest absolute Gasteiger partial charge is 0.494 e. The van der Waals surface area contributed by atoms with E-state index in [2.05, 4.69) is 29.6 Å². The number of aromatic nitrogens is 2. The Morgan fingerprint density at radius 2 is 1.95 bits per heavy atom. The molecule has 2 aliphatic heterocycles. The summed E-state index contributed by atoms with van der Waals surface area (Å²) in [5, 5.41) is 9.66. The zero-order valence-corrected chi connectivity index (χ0v) is 21.7. The van der Waals surface area contributed by atoms with Crippen LogP contribution >= 0.6 is 0 Å². The van der Waals surface area contributed by atoms with Crippen LogP contribution in [0, 0.1) is 0 Å². The molecule has 1 unspecified atom stereocenters. The summed E-state index contributed by atoms with van der Waals surface area (Å²) in [6.45, 7) is 5.61. The Hall–Kier alpha value is -3.69. The smallest absolute Gasteiger partial charge is 0.269 e. The van der Waals surface area contributed by atoms with Crippen LogP contribution in [0.15, 0.2) is 24.3 Å². The molecule has 10 heteroatoms. The minimum atomic E-state index is -0.617. The average Bonchev–Trinajstić information content (AvgIpc) is 3.40. The number of nitrogens with zero attached hydrogens (tertiary/aromatic N) is 3. The summed E-state index contributed by atoms with van der Waals surface area (Å²) < 4.78 is 7.51. The minimum absolute atomic E-state index is 0.100. The van der Waals surface area contributed by atoms with Gasteiger partial charge < -0.3 is 15.0 Å². The summed E-state index contributed by atoms with van der Waals surface area (Å²) >= 11 is 0. The van der Waals surface area contributed by atoms with Crippen LogP contribution in [0.1, 0.15) is 90.4 Å². The fourth-order valence-electron chi connectivity index (χ4n) is 4.69. The van der Waals surface area contributed by atoms with E-state index in [9.17, 15) is 19.2 Å². The maximum atomic E-state index is 12.8. The van der Waals surface area contributed by atoms with E-state index in [4.69, 9.17) is 4.74 Å². The summed E-state index contributed by atoms with van der Waals surface area (Å²) in [4.78, 5) is 50.3. The number of nitrogens with one attached hydrogen (secondary N) is 2. The number of ether oxygens (including phenoxy) is 1. The number of hydrogen-bond acceptors (Lipinski definition) is 6.